The van der Waals surface area contributed by atoms with E-state index in [4.69, 9.17) is 14.6 Å². The van der Waals surface area contributed by atoms with Crippen molar-refractivity contribution < 1.29 is 24.2 Å². The first-order valence-electron chi connectivity index (χ1n) is 6.19. The smallest absolute Gasteiger partial charge is 0.315 e. The van der Waals surface area contributed by atoms with Crippen LogP contribution in [0.4, 0.5) is 4.79 Å². The maximum atomic E-state index is 11.5. The largest absolute Gasteiger partial charge is 0.481 e. The topological polar surface area (TPSA) is 96.9 Å². The van der Waals surface area contributed by atoms with Gasteiger partial charge in [-0.3, -0.25) is 4.79 Å². The van der Waals surface area contributed by atoms with Crippen molar-refractivity contribution in [1.29, 1.82) is 0 Å². The molecule has 0 radical (unpaired) electrons. The minimum atomic E-state index is -0.943. The number of hydrogen-bond acceptors (Lipinski definition) is 4. The molecule has 2 rings (SSSR count). The van der Waals surface area contributed by atoms with Gasteiger partial charge >= 0.3 is 12.0 Å². The predicted molar refractivity (Wildman–Crippen MR) is 69.6 cm³/mol. The molecule has 1 heterocycles. The molecule has 0 fully saturated rings. The van der Waals surface area contributed by atoms with Crippen molar-refractivity contribution in [2.24, 2.45) is 5.92 Å². The standard InChI is InChI=1S/C13H16N2O5/c1-8(12(16)17)5-14-13(18)15-6-9-2-3-10-11(4-9)20-7-19-10/h2-4,8H,5-7H2,1H3,(H,16,17)(H2,14,15,18). The second kappa shape index (κ2) is 6.14. The number of carbonyl (C=O) groups is 2. The summed E-state index contributed by atoms with van der Waals surface area (Å²) < 4.78 is 10.4. The number of carbonyl (C=O) groups excluding carboxylic acids is 1. The molecule has 1 aliphatic heterocycles. The van der Waals surface area contributed by atoms with Crippen molar-refractivity contribution in [2.45, 2.75) is 13.5 Å². The number of carboxylic acids is 1. The third-order valence-electron chi connectivity index (χ3n) is 2.88. The average molecular weight is 280 g/mol. The van der Waals surface area contributed by atoms with Gasteiger partial charge in [0.1, 0.15) is 0 Å². The molecular weight excluding hydrogens is 264 g/mol. The zero-order valence-electron chi connectivity index (χ0n) is 11.0. The zero-order chi connectivity index (χ0) is 14.5. The third-order valence-corrected chi connectivity index (χ3v) is 2.88. The number of nitrogens with one attached hydrogen (secondary N) is 2. The summed E-state index contributed by atoms with van der Waals surface area (Å²) in [4.78, 5) is 22.1. The van der Waals surface area contributed by atoms with Crippen LogP contribution in [0.25, 0.3) is 0 Å². The second-order valence-corrected chi connectivity index (χ2v) is 4.49. The minimum absolute atomic E-state index is 0.0856. The molecule has 1 unspecified atom stereocenters. The normalized spacial score (nSPS) is 13.7. The summed E-state index contributed by atoms with van der Waals surface area (Å²) in [5.74, 6) is -0.218. The summed E-state index contributed by atoms with van der Waals surface area (Å²) in [6.07, 6.45) is 0. The van der Waals surface area contributed by atoms with Crippen molar-refractivity contribution >= 4 is 12.0 Å². The first kappa shape index (κ1) is 14.0. The molecule has 0 saturated heterocycles. The van der Waals surface area contributed by atoms with Gasteiger partial charge in [0.25, 0.3) is 0 Å². The quantitative estimate of drug-likeness (QED) is 0.745. The van der Waals surface area contributed by atoms with Crippen molar-refractivity contribution in [3.05, 3.63) is 23.8 Å². The van der Waals surface area contributed by atoms with Crippen molar-refractivity contribution in [1.82, 2.24) is 10.6 Å². The van der Waals surface area contributed by atoms with Crippen molar-refractivity contribution in [3.63, 3.8) is 0 Å². The number of ether oxygens (including phenoxy) is 2. The molecule has 7 heteroatoms. The van der Waals surface area contributed by atoms with E-state index in [1.165, 1.54) is 6.92 Å². The van der Waals surface area contributed by atoms with Crippen LogP contribution in [0.5, 0.6) is 11.5 Å². The van der Waals surface area contributed by atoms with Crippen LogP contribution in [0, 0.1) is 5.92 Å². The zero-order valence-corrected chi connectivity index (χ0v) is 11.0. The Bertz CT molecular complexity index is 517. The predicted octanol–water partition coefficient (Wildman–Crippen LogP) is 0.935. The highest BCUT2D eigenvalue weighted by Gasteiger charge is 2.14. The van der Waals surface area contributed by atoms with Crippen molar-refractivity contribution in [2.75, 3.05) is 13.3 Å². The summed E-state index contributed by atoms with van der Waals surface area (Å²) in [7, 11) is 0. The van der Waals surface area contributed by atoms with E-state index in [0.29, 0.717) is 18.0 Å². The maximum absolute atomic E-state index is 11.5. The number of benzene rings is 1. The highest BCUT2D eigenvalue weighted by molar-refractivity contribution is 5.75. The number of amides is 2. The molecule has 0 aromatic heterocycles. The summed E-state index contributed by atoms with van der Waals surface area (Å²) in [6.45, 7) is 2.15. The van der Waals surface area contributed by atoms with E-state index >= 15 is 0 Å². The van der Waals surface area contributed by atoms with Gasteiger partial charge in [-0.1, -0.05) is 13.0 Å². The summed E-state index contributed by atoms with van der Waals surface area (Å²) in [6, 6.07) is 5.00. The Morgan fingerprint density at radius 1 is 1.30 bits per heavy atom. The summed E-state index contributed by atoms with van der Waals surface area (Å²) in [5.41, 5.74) is 0.871. The monoisotopic (exact) mass is 280 g/mol. The molecule has 0 bridgehead atoms. The molecule has 3 N–H and O–H groups in total. The van der Waals surface area contributed by atoms with Crippen LogP contribution < -0.4 is 20.1 Å². The van der Waals surface area contributed by atoms with Crippen LogP contribution >= 0.6 is 0 Å². The SMILES string of the molecule is CC(CNC(=O)NCc1ccc2c(c1)OCO2)C(=O)O. The lowest BCUT2D eigenvalue weighted by Crippen LogP contribution is -2.38. The average Bonchev–Trinajstić information content (AvgIpc) is 2.89. The molecule has 1 aromatic carbocycles. The number of fused-ring (bicyclic) bond motifs is 1. The molecule has 20 heavy (non-hydrogen) atoms. The van der Waals surface area contributed by atoms with Crippen LogP contribution in [-0.2, 0) is 11.3 Å². The lowest BCUT2D eigenvalue weighted by atomic mass is 10.2. The Balaban J connectivity index is 1.77. The lowest BCUT2D eigenvalue weighted by molar-refractivity contribution is -0.140. The Hall–Kier alpha value is -2.44. The van der Waals surface area contributed by atoms with E-state index in [0.717, 1.165) is 5.56 Å². The van der Waals surface area contributed by atoms with Gasteiger partial charge < -0.3 is 25.2 Å². The molecular formula is C13H16N2O5. The Morgan fingerprint density at radius 2 is 2.05 bits per heavy atom. The molecule has 108 valence electrons. The second-order valence-electron chi connectivity index (χ2n) is 4.49. The Morgan fingerprint density at radius 3 is 2.80 bits per heavy atom. The van der Waals surface area contributed by atoms with E-state index in [1.807, 2.05) is 6.07 Å². The number of aliphatic carboxylic acids is 1. The van der Waals surface area contributed by atoms with Crippen LogP contribution in [0.1, 0.15) is 12.5 Å². The van der Waals surface area contributed by atoms with Gasteiger partial charge in [0.15, 0.2) is 11.5 Å². The molecule has 2 amide bonds. The van der Waals surface area contributed by atoms with Gasteiger partial charge in [-0.2, -0.15) is 0 Å². The van der Waals surface area contributed by atoms with Gasteiger partial charge in [-0.25, -0.2) is 4.79 Å². The fourth-order valence-electron chi connectivity index (χ4n) is 1.63. The Labute approximate surface area is 115 Å². The van der Waals surface area contributed by atoms with Crippen LogP contribution in [-0.4, -0.2) is 30.4 Å². The molecule has 0 saturated carbocycles. The number of urea groups is 1. The molecule has 1 aliphatic rings. The summed E-state index contributed by atoms with van der Waals surface area (Å²) in [5, 5.41) is 13.8. The fraction of sp³-hybridized carbons (Fsp3) is 0.385. The molecule has 1 aromatic rings. The van der Waals surface area contributed by atoms with Crippen LogP contribution in [0.15, 0.2) is 18.2 Å². The van der Waals surface area contributed by atoms with Crippen molar-refractivity contribution in [3.8, 4) is 11.5 Å². The van der Waals surface area contributed by atoms with Crippen LogP contribution in [0.2, 0.25) is 0 Å². The van der Waals surface area contributed by atoms with E-state index in [2.05, 4.69) is 10.6 Å². The fourth-order valence-corrected chi connectivity index (χ4v) is 1.63. The minimum Gasteiger partial charge on any atom is -0.481 e. The number of rotatable bonds is 5. The van der Waals surface area contributed by atoms with Crippen LogP contribution in [0.3, 0.4) is 0 Å². The van der Waals surface area contributed by atoms with E-state index < -0.39 is 17.9 Å². The van der Waals surface area contributed by atoms with Gasteiger partial charge in [-0.05, 0) is 17.7 Å². The third kappa shape index (κ3) is 3.53. The van der Waals surface area contributed by atoms with E-state index in [9.17, 15) is 9.59 Å². The molecule has 1 atom stereocenters. The van der Waals surface area contributed by atoms with Gasteiger partial charge in [0.2, 0.25) is 6.79 Å². The molecule has 0 spiro atoms. The van der Waals surface area contributed by atoms with Gasteiger partial charge in [0, 0.05) is 13.1 Å². The van der Waals surface area contributed by atoms with Gasteiger partial charge in [-0.15, -0.1) is 0 Å². The highest BCUT2D eigenvalue weighted by Crippen LogP contribution is 2.32. The molecule has 7 nitrogen and oxygen atoms in total. The summed E-state index contributed by atoms with van der Waals surface area (Å²) >= 11 is 0. The first-order chi connectivity index (χ1) is 9.56. The number of carboxylic acid groups (broad SMARTS) is 1. The first-order valence-corrected chi connectivity index (χ1v) is 6.19. The molecule has 0 aliphatic carbocycles. The van der Waals surface area contributed by atoms with Gasteiger partial charge in [0.05, 0.1) is 5.92 Å². The van der Waals surface area contributed by atoms with E-state index in [1.54, 1.807) is 12.1 Å². The van der Waals surface area contributed by atoms with E-state index in [-0.39, 0.29) is 13.3 Å². The Kier molecular flexibility index (Phi) is 4.29. The maximum Gasteiger partial charge on any atom is 0.315 e. The highest BCUT2D eigenvalue weighted by atomic mass is 16.7. The number of hydrogen-bond donors (Lipinski definition) is 3. The lowest BCUT2D eigenvalue weighted by Gasteiger charge is -2.10.